The molecule has 1 saturated heterocycles. The third-order valence-electron chi connectivity index (χ3n) is 4.80. The molecule has 0 unspecified atom stereocenters. The van der Waals surface area contributed by atoms with E-state index in [-0.39, 0.29) is 24.0 Å². The molecule has 23 heavy (non-hydrogen) atoms. The van der Waals surface area contributed by atoms with E-state index in [4.69, 9.17) is 4.74 Å². The lowest BCUT2D eigenvalue weighted by molar-refractivity contribution is -0.130. The predicted molar refractivity (Wildman–Crippen MR) is 87.5 cm³/mol. The van der Waals surface area contributed by atoms with Crippen molar-refractivity contribution >= 4 is 11.8 Å². The molecule has 124 valence electrons. The van der Waals surface area contributed by atoms with E-state index >= 15 is 0 Å². The molecule has 2 heterocycles. The monoisotopic (exact) mass is 316 g/mol. The van der Waals surface area contributed by atoms with E-state index < -0.39 is 0 Å². The Kier molecular flexibility index (Phi) is 4.55. The fraction of sp³-hybridized carbons (Fsp3) is 0.556. The summed E-state index contributed by atoms with van der Waals surface area (Å²) in [5.74, 6) is 0.759. The second-order valence-electron chi connectivity index (χ2n) is 6.39. The van der Waals surface area contributed by atoms with E-state index in [0.29, 0.717) is 30.8 Å². The molecular formula is C18H24N2O3. The van der Waals surface area contributed by atoms with Crippen LogP contribution >= 0.6 is 0 Å². The Balaban J connectivity index is 1.74. The average Bonchev–Trinajstić information content (AvgIpc) is 2.94. The maximum absolute atomic E-state index is 12.6. The highest BCUT2D eigenvalue weighted by molar-refractivity contribution is 5.97. The van der Waals surface area contributed by atoms with Crippen LogP contribution in [-0.4, -0.2) is 53.9 Å². The van der Waals surface area contributed by atoms with Crippen molar-refractivity contribution in [3.63, 3.8) is 0 Å². The van der Waals surface area contributed by atoms with Gasteiger partial charge in [-0.25, -0.2) is 0 Å². The number of fused-ring (bicyclic) bond motifs is 2. The third kappa shape index (κ3) is 3.05. The van der Waals surface area contributed by atoms with E-state index in [1.165, 1.54) is 0 Å². The first-order valence-electron chi connectivity index (χ1n) is 8.42. The molecule has 2 aliphatic rings. The molecule has 0 spiro atoms. The number of carbonyl (C=O) groups is 2. The van der Waals surface area contributed by atoms with Gasteiger partial charge in [0.25, 0.3) is 5.91 Å². The summed E-state index contributed by atoms with van der Waals surface area (Å²) in [5, 5.41) is 0. The zero-order valence-electron chi connectivity index (χ0n) is 13.8. The lowest BCUT2D eigenvalue weighted by Gasteiger charge is -2.25. The minimum Gasteiger partial charge on any atom is -0.486 e. The molecule has 2 aliphatic heterocycles. The van der Waals surface area contributed by atoms with Crippen LogP contribution in [0.3, 0.4) is 0 Å². The van der Waals surface area contributed by atoms with E-state index in [9.17, 15) is 9.59 Å². The standard InChI is InChI=1S/C18H24N2O3/c1-3-4-5-10-17(21)20-11-14-16(12-20)23-15-9-7-6-8-13(15)18(22)19(14)2/h6-9,14,16H,3-5,10-12H2,1-2H3/t14-,16+/m1/s1. The van der Waals surface area contributed by atoms with Gasteiger partial charge in [0.2, 0.25) is 5.91 Å². The fourth-order valence-corrected chi connectivity index (χ4v) is 3.38. The summed E-state index contributed by atoms with van der Waals surface area (Å²) >= 11 is 0. The number of unbranched alkanes of at least 4 members (excludes halogenated alkanes) is 2. The Morgan fingerprint density at radius 2 is 2.04 bits per heavy atom. The number of hydrogen-bond acceptors (Lipinski definition) is 3. The number of rotatable bonds is 4. The van der Waals surface area contributed by atoms with Crippen LogP contribution in [0.2, 0.25) is 0 Å². The lowest BCUT2D eigenvalue weighted by Crippen LogP contribution is -2.44. The van der Waals surface area contributed by atoms with Gasteiger partial charge in [-0.1, -0.05) is 31.9 Å². The van der Waals surface area contributed by atoms with Crippen LogP contribution in [-0.2, 0) is 4.79 Å². The number of hydrogen-bond donors (Lipinski definition) is 0. The van der Waals surface area contributed by atoms with Gasteiger partial charge < -0.3 is 14.5 Å². The predicted octanol–water partition coefficient (Wildman–Crippen LogP) is 2.31. The summed E-state index contributed by atoms with van der Waals surface area (Å²) in [7, 11) is 1.80. The number of nitrogens with zero attached hydrogens (tertiary/aromatic N) is 2. The third-order valence-corrected chi connectivity index (χ3v) is 4.80. The molecule has 1 aromatic carbocycles. The first kappa shape index (κ1) is 15.8. The number of ether oxygens (including phenoxy) is 1. The van der Waals surface area contributed by atoms with Crippen LogP contribution < -0.4 is 4.74 Å². The minimum absolute atomic E-state index is 0.0339. The van der Waals surface area contributed by atoms with Crippen molar-refractivity contribution in [3.8, 4) is 5.75 Å². The molecule has 0 N–H and O–H groups in total. The van der Waals surface area contributed by atoms with Crippen LogP contribution in [0.5, 0.6) is 5.75 Å². The Morgan fingerprint density at radius 3 is 2.83 bits per heavy atom. The van der Waals surface area contributed by atoms with E-state index in [1.807, 2.05) is 23.1 Å². The van der Waals surface area contributed by atoms with Gasteiger partial charge in [0.1, 0.15) is 11.9 Å². The van der Waals surface area contributed by atoms with Crippen LogP contribution in [0.25, 0.3) is 0 Å². The van der Waals surface area contributed by atoms with E-state index in [0.717, 1.165) is 19.3 Å². The highest BCUT2D eigenvalue weighted by Crippen LogP contribution is 2.30. The van der Waals surface area contributed by atoms with E-state index in [2.05, 4.69) is 6.92 Å². The number of likely N-dealkylation sites (N-methyl/N-ethyl adjacent to an activating group) is 1. The normalized spacial score (nSPS) is 23.1. The summed E-state index contributed by atoms with van der Waals surface area (Å²) in [4.78, 5) is 28.5. The second-order valence-corrected chi connectivity index (χ2v) is 6.39. The number of carbonyl (C=O) groups excluding carboxylic acids is 2. The van der Waals surface area contributed by atoms with Gasteiger partial charge in [0.05, 0.1) is 18.2 Å². The quantitative estimate of drug-likeness (QED) is 0.801. The maximum Gasteiger partial charge on any atom is 0.257 e. The summed E-state index contributed by atoms with van der Waals surface area (Å²) in [6.45, 7) is 3.25. The number of benzene rings is 1. The average molecular weight is 316 g/mol. The van der Waals surface area contributed by atoms with Crippen LogP contribution in [0.15, 0.2) is 24.3 Å². The molecule has 1 fully saturated rings. The van der Waals surface area contributed by atoms with Crippen LogP contribution in [0.4, 0.5) is 0 Å². The van der Waals surface area contributed by atoms with Gasteiger partial charge in [0.15, 0.2) is 0 Å². The molecule has 0 radical (unpaired) electrons. The van der Waals surface area contributed by atoms with Crippen molar-refractivity contribution in [2.75, 3.05) is 20.1 Å². The van der Waals surface area contributed by atoms with Crippen molar-refractivity contribution in [1.29, 1.82) is 0 Å². The largest absolute Gasteiger partial charge is 0.486 e. The number of para-hydroxylation sites is 1. The molecule has 2 amide bonds. The van der Waals surface area contributed by atoms with Gasteiger partial charge in [-0.2, -0.15) is 0 Å². The van der Waals surface area contributed by atoms with Gasteiger partial charge in [-0.15, -0.1) is 0 Å². The molecule has 3 rings (SSSR count). The smallest absolute Gasteiger partial charge is 0.257 e. The maximum atomic E-state index is 12.6. The molecule has 5 heteroatoms. The molecule has 5 nitrogen and oxygen atoms in total. The molecule has 0 aliphatic carbocycles. The zero-order chi connectivity index (χ0) is 16.4. The highest BCUT2D eigenvalue weighted by Gasteiger charge is 2.43. The summed E-state index contributed by atoms with van der Waals surface area (Å²) in [6.07, 6.45) is 3.55. The Labute approximate surface area is 137 Å². The van der Waals surface area contributed by atoms with Crippen LogP contribution in [0, 0.1) is 0 Å². The molecule has 0 aromatic heterocycles. The summed E-state index contributed by atoms with van der Waals surface area (Å²) in [6, 6.07) is 7.26. The first-order chi connectivity index (χ1) is 11.1. The highest BCUT2D eigenvalue weighted by atomic mass is 16.5. The molecule has 0 bridgehead atoms. The van der Waals surface area contributed by atoms with E-state index in [1.54, 1.807) is 18.0 Å². The summed E-state index contributed by atoms with van der Waals surface area (Å²) < 4.78 is 6.07. The Morgan fingerprint density at radius 1 is 1.26 bits per heavy atom. The molecule has 2 atom stereocenters. The van der Waals surface area contributed by atoms with Crippen molar-refractivity contribution in [2.45, 2.75) is 44.8 Å². The molecular weight excluding hydrogens is 292 g/mol. The van der Waals surface area contributed by atoms with Crippen molar-refractivity contribution in [3.05, 3.63) is 29.8 Å². The van der Waals surface area contributed by atoms with Gasteiger partial charge in [-0.05, 0) is 18.6 Å². The van der Waals surface area contributed by atoms with Crippen molar-refractivity contribution < 1.29 is 14.3 Å². The Hall–Kier alpha value is -2.04. The van der Waals surface area contributed by atoms with Crippen molar-refractivity contribution in [2.24, 2.45) is 0 Å². The first-order valence-corrected chi connectivity index (χ1v) is 8.42. The SMILES string of the molecule is CCCCCC(=O)N1C[C@@H]2Oc3ccccc3C(=O)N(C)[C@@H]2C1. The second kappa shape index (κ2) is 6.60. The minimum atomic E-state index is -0.150. The molecule has 0 saturated carbocycles. The number of likely N-dealkylation sites (tertiary alicyclic amines) is 1. The van der Waals surface area contributed by atoms with Gasteiger partial charge >= 0.3 is 0 Å². The van der Waals surface area contributed by atoms with Crippen molar-refractivity contribution in [1.82, 2.24) is 9.80 Å². The Bertz CT molecular complexity index is 602. The van der Waals surface area contributed by atoms with Gasteiger partial charge in [-0.3, -0.25) is 9.59 Å². The summed E-state index contributed by atoms with van der Waals surface area (Å²) in [5.41, 5.74) is 0.602. The van der Waals surface area contributed by atoms with Crippen LogP contribution in [0.1, 0.15) is 43.0 Å². The lowest BCUT2D eigenvalue weighted by atomic mass is 10.1. The fourth-order valence-electron chi connectivity index (χ4n) is 3.38. The zero-order valence-corrected chi connectivity index (χ0v) is 13.8. The topological polar surface area (TPSA) is 49.9 Å². The molecule has 1 aromatic rings. The van der Waals surface area contributed by atoms with Gasteiger partial charge in [0, 0.05) is 20.0 Å². The number of amides is 2.